The summed E-state index contributed by atoms with van der Waals surface area (Å²) in [6, 6.07) is 0. The molecule has 0 aliphatic rings. The number of carboxylic acids is 1. The number of primary amides is 1. The van der Waals surface area contributed by atoms with Gasteiger partial charge in [-0.15, -0.1) is 0 Å². The average molecular weight is 442 g/mol. The number of rotatable bonds is 23. The van der Waals surface area contributed by atoms with Crippen LogP contribution in [-0.4, -0.2) is 29.7 Å². The maximum absolute atomic E-state index is 11.5. The molecular formula is C26H51NO4. The molecule has 0 saturated carbocycles. The molecule has 0 spiro atoms. The number of carbonyl (C=O) groups excluding carboxylic acids is 1. The predicted molar refractivity (Wildman–Crippen MR) is 129 cm³/mol. The summed E-state index contributed by atoms with van der Waals surface area (Å²) in [6.45, 7) is 6.28. The van der Waals surface area contributed by atoms with E-state index in [1.54, 1.807) is 6.92 Å². The highest BCUT2D eigenvalue weighted by Gasteiger charge is 2.35. The topological polar surface area (TPSA) is 89.6 Å². The van der Waals surface area contributed by atoms with E-state index < -0.39 is 29.8 Å². The van der Waals surface area contributed by atoms with Crippen LogP contribution in [-0.2, 0) is 14.3 Å². The van der Waals surface area contributed by atoms with Gasteiger partial charge in [0.2, 0.25) is 5.91 Å². The van der Waals surface area contributed by atoms with E-state index in [2.05, 4.69) is 6.92 Å². The maximum atomic E-state index is 11.5. The van der Waals surface area contributed by atoms with Crippen LogP contribution >= 0.6 is 0 Å². The van der Waals surface area contributed by atoms with Crippen LogP contribution in [0, 0.1) is 11.8 Å². The molecule has 0 aromatic heterocycles. The van der Waals surface area contributed by atoms with E-state index in [-0.39, 0.29) is 0 Å². The lowest BCUT2D eigenvalue weighted by Gasteiger charge is -2.26. The van der Waals surface area contributed by atoms with E-state index in [0.717, 1.165) is 12.8 Å². The minimum Gasteiger partial charge on any atom is -0.481 e. The number of carboxylic acid groups (broad SMARTS) is 1. The van der Waals surface area contributed by atoms with Crippen molar-refractivity contribution in [1.82, 2.24) is 0 Å². The summed E-state index contributed by atoms with van der Waals surface area (Å²) >= 11 is 0. The minimum absolute atomic E-state index is 0.462. The molecule has 0 heterocycles. The molecule has 31 heavy (non-hydrogen) atoms. The highest BCUT2D eigenvalue weighted by molar-refractivity contribution is 5.83. The van der Waals surface area contributed by atoms with Crippen molar-refractivity contribution in [3.63, 3.8) is 0 Å². The van der Waals surface area contributed by atoms with Crippen molar-refractivity contribution in [3.05, 3.63) is 0 Å². The summed E-state index contributed by atoms with van der Waals surface area (Å²) in [7, 11) is 0. The van der Waals surface area contributed by atoms with Crippen molar-refractivity contribution in [1.29, 1.82) is 0 Å². The van der Waals surface area contributed by atoms with Crippen LogP contribution < -0.4 is 5.73 Å². The number of nitrogens with two attached hydrogens (primary N) is 1. The normalized spacial score (nSPS) is 14.3. The molecule has 5 nitrogen and oxygen atoms in total. The summed E-state index contributed by atoms with van der Waals surface area (Å²) in [6.07, 6.45) is 21.2. The van der Waals surface area contributed by atoms with Gasteiger partial charge in [0.1, 0.15) is 0 Å². The van der Waals surface area contributed by atoms with Gasteiger partial charge in [-0.05, 0) is 12.8 Å². The summed E-state index contributed by atoms with van der Waals surface area (Å²) in [4.78, 5) is 22.9. The number of ether oxygens (including phenoxy) is 1. The van der Waals surface area contributed by atoms with Gasteiger partial charge in [0, 0.05) is 6.61 Å². The highest BCUT2D eigenvalue weighted by atomic mass is 16.5. The molecule has 0 aromatic rings. The number of hydrogen-bond donors (Lipinski definition) is 2. The van der Waals surface area contributed by atoms with Gasteiger partial charge >= 0.3 is 5.97 Å². The summed E-state index contributed by atoms with van der Waals surface area (Å²) in [5.74, 6) is -3.20. The van der Waals surface area contributed by atoms with E-state index in [4.69, 9.17) is 10.5 Å². The van der Waals surface area contributed by atoms with Crippen LogP contribution in [0.25, 0.3) is 0 Å². The van der Waals surface area contributed by atoms with Gasteiger partial charge in [-0.1, -0.05) is 117 Å². The van der Waals surface area contributed by atoms with Crippen LogP contribution in [0.1, 0.15) is 130 Å². The first-order valence-corrected chi connectivity index (χ1v) is 13.1. The van der Waals surface area contributed by atoms with Crippen molar-refractivity contribution in [2.24, 2.45) is 17.6 Å². The zero-order valence-electron chi connectivity index (χ0n) is 20.7. The van der Waals surface area contributed by atoms with Crippen molar-refractivity contribution in [2.75, 3.05) is 6.61 Å². The van der Waals surface area contributed by atoms with Gasteiger partial charge in [0.05, 0.1) is 17.9 Å². The van der Waals surface area contributed by atoms with Crippen molar-refractivity contribution >= 4 is 11.9 Å². The van der Waals surface area contributed by atoms with Gasteiger partial charge < -0.3 is 15.6 Å². The molecule has 0 radical (unpaired) electrons. The third kappa shape index (κ3) is 16.2. The highest BCUT2D eigenvalue weighted by Crippen LogP contribution is 2.22. The third-order valence-electron chi connectivity index (χ3n) is 6.41. The van der Waals surface area contributed by atoms with Gasteiger partial charge in [0.25, 0.3) is 0 Å². The Bertz CT molecular complexity index is 441. The van der Waals surface area contributed by atoms with Gasteiger partial charge in [-0.2, -0.15) is 0 Å². The molecule has 3 N–H and O–H groups in total. The lowest BCUT2D eigenvalue weighted by atomic mass is 9.87. The molecule has 0 aromatic carbocycles. The molecule has 3 unspecified atom stereocenters. The molecule has 0 bridgehead atoms. The lowest BCUT2D eigenvalue weighted by Crippen LogP contribution is -2.41. The second-order valence-electron chi connectivity index (χ2n) is 9.18. The monoisotopic (exact) mass is 441 g/mol. The number of aliphatic carboxylic acids is 1. The van der Waals surface area contributed by atoms with E-state index in [1.807, 2.05) is 6.92 Å². The number of carbonyl (C=O) groups is 2. The first kappa shape index (κ1) is 29.9. The Kier molecular flexibility index (Phi) is 20.0. The van der Waals surface area contributed by atoms with Crippen LogP contribution in [0.15, 0.2) is 0 Å². The second-order valence-corrected chi connectivity index (χ2v) is 9.18. The fourth-order valence-corrected chi connectivity index (χ4v) is 4.23. The molecule has 0 aliphatic heterocycles. The third-order valence-corrected chi connectivity index (χ3v) is 6.41. The smallest absolute Gasteiger partial charge is 0.309 e. The predicted octanol–water partition coefficient (Wildman–Crippen LogP) is 6.87. The van der Waals surface area contributed by atoms with Crippen molar-refractivity contribution < 1.29 is 19.4 Å². The van der Waals surface area contributed by atoms with Gasteiger partial charge in [0.15, 0.2) is 0 Å². The summed E-state index contributed by atoms with van der Waals surface area (Å²) in [5, 5.41) is 9.45. The van der Waals surface area contributed by atoms with E-state index in [9.17, 15) is 14.7 Å². The Balaban J connectivity index is 3.59. The summed E-state index contributed by atoms with van der Waals surface area (Å²) in [5.41, 5.74) is 5.30. The van der Waals surface area contributed by atoms with E-state index in [1.165, 1.54) is 89.9 Å². The maximum Gasteiger partial charge on any atom is 0.309 e. The molecule has 5 heteroatoms. The Hall–Kier alpha value is -1.10. The fourth-order valence-electron chi connectivity index (χ4n) is 4.23. The Morgan fingerprint density at radius 1 is 0.742 bits per heavy atom. The molecule has 0 aliphatic carbocycles. The Morgan fingerprint density at radius 2 is 1.13 bits per heavy atom. The largest absolute Gasteiger partial charge is 0.481 e. The first-order valence-electron chi connectivity index (χ1n) is 13.1. The zero-order chi connectivity index (χ0) is 23.3. The lowest BCUT2D eigenvalue weighted by molar-refractivity contribution is -0.154. The standard InChI is InChI=1S/C26H51NO4/c1-4-6-7-8-9-10-11-12-13-14-15-16-17-18-19-20-21-31-23(5-2)24(26(29)30)22(3)25(27)28/h22-24H,4-21H2,1-3H3,(H2,27,28)(H,29,30). The van der Waals surface area contributed by atoms with Crippen LogP contribution in [0.4, 0.5) is 0 Å². The number of amides is 1. The Morgan fingerprint density at radius 3 is 1.45 bits per heavy atom. The molecule has 0 saturated heterocycles. The quantitative estimate of drug-likeness (QED) is 0.169. The van der Waals surface area contributed by atoms with Gasteiger partial charge in [-0.25, -0.2) is 0 Å². The van der Waals surface area contributed by atoms with Crippen molar-refractivity contribution in [3.8, 4) is 0 Å². The second kappa shape index (κ2) is 20.8. The van der Waals surface area contributed by atoms with Crippen LogP contribution in [0.5, 0.6) is 0 Å². The first-order chi connectivity index (χ1) is 15.0. The molecule has 3 atom stereocenters. The van der Waals surface area contributed by atoms with Crippen LogP contribution in [0.2, 0.25) is 0 Å². The molecule has 0 rings (SSSR count). The van der Waals surface area contributed by atoms with Crippen molar-refractivity contribution in [2.45, 2.75) is 136 Å². The Labute approximate surface area is 191 Å². The van der Waals surface area contributed by atoms with Gasteiger partial charge in [-0.3, -0.25) is 9.59 Å². The molecular weight excluding hydrogens is 390 g/mol. The number of hydrogen-bond acceptors (Lipinski definition) is 3. The fraction of sp³-hybridized carbons (Fsp3) is 0.923. The average Bonchev–Trinajstić information content (AvgIpc) is 2.74. The SMILES string of the molecule is CCCCCCCCCCCCCCCCCCOC(CC)C(C(=O)O)C(C)C(N)=O. The molecule has 0 fully saturated rings. The van der Waals surface area contributed by atoms with E-state index in [0.29, 0.717) is 13.0 Å². The number of unbranched alkanes of at least 4 members (excludes halogenated alkanes) is 15. The van der Waals surface area contributed by atoms with E-state index >= 15 is 0 Å². The molecule has 1 amide bonds. The summed E-state index contributed by atoms with van der Waals surface area (Å²) < 4.78 is 5.82. The van der Waals surface area contributed by atoms with Crippen LogP contribution in [0.3, 0.4) is 0 Å². The minimum atomic E-state index is -1.01. The zero-order valence-corrected chi connectivity index (χ0v) is 20.7. The molecule has 184 valence electrons.